The Kier molecular flexibility index (Phi) is 6.73. The van der Waals surface area contributed by atoms with E-state index in [9.17, 15) is 9.59 Å². The fraction of sp³-hybridized carbons (Fsp3) is 0.519. The third-order valence-electron chi connectivity index (χ3n) is 7.46. The van der Waals surface area contributed by atoms with Gasteiger partial charge in [0.15, 0.2) is 0 Å². The van der Waals surface area contributed by atoms with E-state index in [0.717, 1.165) is 60.1 Å². The topological polar surface area (TPSA) is 67.2 Å². The molecule has 2 aliphatic carbocycles. The molecule has 5 rings (SSSR count). The molecule has 2 saturated carbocycles. The SMILES string of the molecule is Cc1nn(-c2ccccc2)c2sc(C(=O)N(C3CCCC3)[C@H](C)C(=O)NC3CCCCC3)cc12. The number of aromatic nitrogens is 2. The van der Waals surface area contributed by atoms with Gasteiger partial charge in [-0.15, -0.1) is 11.3 Å². The third-order valence-corrected chi connectivity index (χ3v) is 8.56. The molecule has 0 radical (unpaired) electrons. The van der Waals surface area contributed by atoms with E-state index in [0.29, 0.717) is 4.88 Å². The van der Waals surface area contributed by atoms with Gasteiger partial charge >= 0.3 is 0 Å². The van der Waals surface area contributed by atoms with Gasteiger partial charge in [-0.25, -0.2) is 4.68 Å². The molecule has 1 aromatic carbocycles. The van der Waals surface area contributed by atoms with Gasteiger partial charge in [-0.1, -0.05) is 50.3 Å². The third kappa shape index (κ3) is 4.50. The van der Waals surface area contributed by atoms with Crippen molar-refractivity contribution in [3.63, 3.8) is 0 Å². The van der Waals surface area contributed by atoms with Crippen LogP contribution in [0.4, 0.5) is 0 Å². The highest BCUT2D eigenvalue weighted by Crippen LogP contribution is 2.34. The summed E-state index contributed by atoms with van der Waals surface area (Å²) >= 11 is 1.48. The summed E-state index contributed by atoms with van der Waals surface area (Å²) in [4.78, 5) is 30.7. The summed E-state index contributed by atoms with van der Waals surface area (Å²) in [6, 6.07) is 11.9. The van der Waals surface area contributed by atoms with Crippen molar-refractivity contribution in [1.29, 1.82) is 0 Å². The summed E-state index contributed by atoms with van der Waals surface area (Å²) in [7, 11) is 0. The Morgan fingerprint density at radius 1 is 1.06 bits per heavy atom. The van der Waals surface area contributed by atoms with Gasteiger partial charge < -0.3 is 10.2 Å². The molecule has 0 aliphatic heterocycles. The molecule has 7 heteroatoms. The summed E-state index contributed by atoms with van der Waals surface area (Å²) in [6.07, 6.45) is 9.83. The number of benzene rings is 1. The van der Waals surface area contributed by atoms with Crippen molar-refractivity contribution >= 4 is 33.4 Å². The summed E-state index contributed by atoms with van der Waals surface area (Å²) in [5.74, 6) is -0.0432. The number of aryl methyl sites for hydroxylation is 1. The number of para-hydroxylation sites is 1. The first-order valence-electron chi connectivity index (χ1n) is 12.7. The maximum atomic E-state index is 13.9. The van der Waals surface area contributed by atoms with Gasteiger partial charge in [-0.05, 0) is 57.7 Å². The number of hydrogen-bond acceptors (Lipinski definition) is 4. The molecule has 180 valence electrons. The number of amides is 2. The number of fused-ring (bicyclic) bond motifs is 1. The van der Waals surface area contributed by atoms with Crippen LogP contribution in [-0.4, -0.2) is 44.6 Å². The van der Waals surface area contributed by atoms with Crippen LogP contribution in [0.15, 0.2) is 36.4 Å². The summed E-state index contributed by atoms with van der Waals surface area (Å²) in [5, 5.41) is 8.96. The highest BCUT2D eigenvalue weighted by Gasteiger charge is 2.36. The first-order valence-corrected chi connectivity index (χ1v) is 13.5. The number of nitrogens with one attached hydrogen (secondary N) is 1. The van der Waals surface area contributed by atoms with Gasteiger partial charge in [0.1, 0.15) is 10.9 Å². The lowest BCUT2D eigenvalue weighted by atomic mass is 9.95. The number of thiophene rings is 1. The zero-order chi connectivity index (χ0) is 23.7. The molecule has 2 amide bonds. The van der Waals surface area contributed by atoms with Crippen molar-refractivity contribution < 1.29 is 9.59 Å². The molecule has 1 atom stereocenters. The van der Waals surface area contributed by atoms with Crippen LogP contribution in [0.5, 0.6) is 0 Å². The van der Waals surface area contributed by atoms with Crippen LogP contribution < -0.4 is 5.32 Å². The lowest BCUT2D eigenvalue weighted by molar-refractivity contribution is -0.126. The van der Waals surface area contributed by atoms with Crippen LogP contribution in [0.25, 0.3) is 15.9 Å². The predicted octanol–water partition coefficient (Wildman–Crippen LogP) is 5.62. The average molecular weight is 479 g/mol. The summed E-state index contributed by atoms with van der Waals surface area (Å²) in [5.41, 5.74) is 1.89. The first-order chi connectivity index (χ1) is 16.5. The second kappa shape index (κ2) is 9.90. The van der Waals surface area contributed by atoms with Crippen LogP contribution >= 0.6 is 11.3 Å². The molecule has 3 aromatic rings. The Morgan fingerprint density at radius 2 is 1.74 bits per heavy atom. The van der Waals surface area contributed by atoms with Gasteiger partial charge in [-0.2, -0.15) is 5.10 Å². The molecule has 0 unspecified atom stereocenters. The van der Waals surface area contributed by atoms with E-state index in [2.05, 4.69) is 5.32 Å². The van der Waals surface area contributed by atoms with Gasteiger partial charge in [0.05, 0.1) is 16.3 Å². The van der Waals surface area contributed by atoms with Crippen LogP contribution in [0.1, 0.15) is 80.1 Å². The van der Waals surface area contributed by atoms with E-state index in [1.54, 1.807) is 0 Å². The van der Waals surface area contributed by atoms with E-state index in [-0.39, 0.29) is 23.9 Å². The van der Waals surface area contributed by atoms with Crippen molar-refractivity contribution in [1.82, 2.24) is 20.0 Å². The zero-order valence-electron chi connectivity index (χ0n) is 20.1. The van der Waals surface area contributed by atoms with Crippen LogP contribution in [0, 0.1) is 6.92 Å². The maximum Gasteiger partial charge on any atom is 0.264 e. The Bertz CT molecular complexity index is 1160. The highest BCUT2D eigenvalue weighted by atomic mass is 32.1. The fourth-order valence-corrected chi connectivity index (χ4v) is 6.69. The number of carbonyl (C=O) groups is 2. The normalized spacial score (nSPS) is 18.3. The number of nitrogens with zero attached hydrogens (tertiary/aromatic N) is 3. The fourth-order valence-electron chi connectivity index (χ4n) is 5.56. The van der Waals surface area contributed by atoms with Crippen LogP contribution in [0.3, 0.4) is 0 Å². The largest absolute Gasteiger partial charge is 0.352 e. The minimum atomic E-state index is -0.477. The quantitative estimate of drug-likeness (QED) is 0.500. The number of rotatable bonds is 6. The van der Waals surface area contributed by atoms with Crippen molar-refractivity contribution in [3.8, 4) is 5.69 Å². The molecule has 0 bridgehead atoms. The molecule has 0 saturated heterocycles. The zero-order valence-corrected chi connectivity index (χ0v) is 20.9. The highest BCUT2D eigenvalue weighted by molar-refractivity contribution is 7.20. The second-order valence-corrected chi connectivity index (χ2v) is 10.9. The molecule has 6 nitrogen and oxygen atoms in total. The Labute approximate surface area is 205 Å². The molecule has 1 N–H and O–H groups in total. The Morgan fingerprint density at radius 3 is 2.44 bits per heavy atom. The van der Waals surface area contributed by atoms with Crippen molar-refractivity contribution in [3.05, 3.63) is 47.0 Å². The lowest BCUT2D eigenvalue weighted by Gasteiger charge is -2.35. The predicted molar refractivity (Wildman–Crippen MR) is 137 cm³/mol. The monoisotopic (exact) mass is 478 g/mol. The number of hydrogen-bond donors (Lipinski definition) is 1. The van der Waals surface area contributed by atoms with Crippen molar-refractivity contribution in [2.75, 3.05) is 0 Å². The van der Waals surface area contributed by atoms with E-state index in [4.69, 9.17) is 5.10 Å². The molecule has 2 aromatic heterocycles. The minimum Gasteiger partial charge on any atom is -0.352 e. The summed E-state index contributed by atoms with van der Waals surface area (Å²) < 4.78 is 1.92. The van der Waals surface area contributed by atoms with Crippen molar-refractivity contribution in [2.45, 2.75) is 89.8 Å². The Balaban J connectivity index is 1.43. The standard InChI is InChI=1S/C27H34N4O2S/c1-18-23-17-24(34-27(23)31(29-18)22-15-7-4-8-16-22)26(33)30(21-13-9-10-14-21)19(2)25(32)28-20-11-5-3-6-12-20/h4,7-8,15-17,19-21H,3,5-6,9-14H2,1-2H3,(H,28,32)/t19-/m1/s1. The molecular weight excluding hydrogens is 444 g/mol. The van der Waals surface area contributed by atoms with Crippen molar-refractivity contribution in [2.24, 2.45) is 0 Å². The molecule has 2 fully saturated rings. The molecule has 2 heterocycles. The molecule has 0 spiro atoms. The smallest absolute Gasteiger partial charge is 0.264 e. The average Bonchev–Trinajstić information content (AvgIpc) is 3.59. The maximum absolute atomic E-state index is 13.9. The van der Waals surface area contributed by atoms with E-state index < -0.39 is 6.04 Å². The van der Waals surface area contributed by atoms with Crippen LogP contribution in [-0.2, 0) is 4.79 Å². The molecule has 2 aliphatic rings. The van der Waals surface area contributed by atoms with Crippen LogP contribution in [0.2, 0.25) is 0 Å². The molecular formula is C27H34N4O2S. The van der Waals surface area contributed by atoms with Gasteiger partial charge in [0.25, 0.3) is 5.91 Å². The minimum absolute atomic E-state index is 0.0140. The number of carbonyl (C=O) groups excluding carboxylic acids is 2. The first kappa shape index (κ1) is 23.1. The van der Waals surface area contributed by atoms with Gasteiger partial charge in [0.2, 0.25) is 5.91 Å². The second-order valence-electron chi connectivity index (χ2n) is 9.83. The van der Waals surface area contributed by atoms with E-state index in [1.807, 2.05) is 59.8 Å². The van der Waals surface area contributed by atoms with Gasteiger partial charge in [-0.3, -0.25) is 9.59 Å². The molecule has 34 heavy (non-hydrogen) atoms. The van der Waals surface area contributed by atoms with E-state index in [1.165, 1.54) is 30.6 Å². The summed E-state index contributed by atoms with van der Waals surface area (Å²) in [6.45, 7) is 3.89. The Hall–Kier alpha value is -2.67. The lowest BCUT2D eigenvalue weighted by Crippen LogP contribution is -2.53. The van der Waals surface area contributed by atoms with Gasteiger partial charge in [0, 0.05) is 17.5 Å². The van der Waals surface area contributed by atoms with E-state index >= 15 is 0 Å².